The van der Waals surface area contributed by atoms with Gasteiger partial charge < -0.3 is 10.1 Å². The number of methoxy groups -OCH3 is 1. The molecule has 102 valence electrons. The molecule has 0 saturated heterocycles. The Labute approximate surface area is 115 Å². The van der Waals surface area contributed by atoms with Gasteiger partial charge in [0, 0.05) is 31.3 Å². The number of aromatic nitrogens is 1. The molecule has 1 atom stereocenters. The number of hydrogen-bond donors (Lipinski definition) is 1. The third-order valence-corrected chi connectivity index (χ3v) is 3.35. The van der Waals surface area contributed by atoms with Crippen molar-refractivity contribution < 1.29 is 4.74 Å². The van der Waals surface area contributed by atoms with Crippen molar-refractivity contribution in [2.24, 2.45) is 0 Å². The average Bonchev–Trinajstić information content (AvgIpc) is 2.46. The SMILES string of the molecule is CCNC(CCCOC)c1cccc2ncccc12. The zero-order valence-corrected chi connectivity index (χ0v) is 11.7. The van der Waals surface area contributed by atoms with E-state index >= 15 is 0 Å². The predicted molar refractivity (Wildman–Crippen MR) is 79.3 cm³/mol. The Bertz CT molecular complexity index is 508. The Balaban J connectivity index is 2.27. The van der Waals surface area contributed by atoms with E-state index in [1.165, 1.54) is 10.9 Å². The molecule has 0 aliphatic heterocycles. The monoisotopic (exact) mass is 258 g/mol. The van der Waals surface area contributed by atoms with Crippen LogP contribution in [-0.2, 0) is 4.74 Å². The molecule has 1 N–H and O–H groups in total. The number of nitrogens with zero attached hydrogens (tertiary/aromatic N) is 1. The van der Waals surface area contributed by atoms with E-state index in [9.17, 15) is 0 Å². The smallest absolute Gasteiger partial charge is 0.0705 e. The van der Waals surface area contributed by atoms with E-state index in [0.29, 0.717) is 6.04 Å². The summed E-state index contributed by atoms with van der Waals surface area (Å²) in [5.74, 6) is 0. The van der Waals surface area contributed by atoms with Gasteiger partial charge in [0.2, 0.25) is 0 Å². The van der Waals surface area contributed by atoms with E-state index in [-0.39, 0.29) is 0 Å². The molecular formula is C16H22N2O. The average molecular weight is 258 g/mol. The minimum atomic E-state index is 0.369. The van der Waals surface area contributed by atoms with Crippen molar-refractivity contribution in [3.63, 3.8) is 0 Å². The number of nitrogens with one attached hydrogen (secondary N) is 1. The lowest BCUT2D eigenvalue weighted by atomic mass is 9.97. The molecule has 0 amide bonds. The third kappa shape index (κ3) is 3.52. The predicted octanol–water partition coefficient (Wildman–Crippen LogP) is 3.31. The molecule has 0 radical (unpaired) electrons. The topological polar surface area (TPSA) is 34.1 Å². The number of fused-ring (bicyclic) bond motifs is 1. The van der Waals surface area contributed by atoms with Crippen molar-refractivity contribution in [1.82, 2.24) is 10.3 Å². The largest absolute Gasteiger partial charge is 0.385 e. The highest BCUT2D eigenvalue weighted by Gasteiger charge is 2.13. The van der Waals surface area contributed by atoms with Crippen LogP contribution in [0.15, 0.2) is 36.5 Å². The molecule has 1 unspecified atom stereocenters. The van der Waals surface area contributed by atoms with E-state index in [1.807, 2.05) is 12.3 Å². The molecule has 0 spiro atoms. The summed E-state index contributed by atoms with van der Waals surface area (Å²) in [6.07, 6.45) is 3.99. The van der Waals surface area contributed by atoms with Gasteiger partial charge in [-0.1, -0.05) is 25.1 Å². The van der Waals surface area contributed by atoms with Crippen LogP contribution in [0.3, 0.4) is 0 Å². The maximum atomic E-state index is 5.15. The van der Waals surface area contributed by atoms with Gasteiger partial charge in [-0.2, -0.15) is 0 Å². The van der Waals surface area contributed by atoms with Crippen LogP contribution in [0, 0.1) is 0 Å². The fourth-order valence-electron chi connectivity index (χ4n) is 2.48. The molecule has 3 heteroatoms. The standard InChI is InChI=1S/C16H22N2O/c1-3-17-15(10-6-12-19-2)13-7-4-9-16-14(13)8-5-11-18-16/h4-5,7-9,11,15,17H,3,6,10,12H2,1-2H3. The fourth-order valence-corrected chi connectivity index (χ4v) is 2.48. The summed E-state index contributed by atoms with van der Waals surface area (Å²) in [6.45, 7) is 3.92. The van der Waals surface area contributed by atoms with Gasteiger partial charge in [-0.15, -0.1) is 0 Å². The molecule has 1 aromatic carbocycles. The number of ether oxygens (including phenoxy) is 1. The first kappa shape index (κ1) is 14.0. The van der Waals surface area contributed by atoms with Crippen LogP contribution >= 0.6 is 0 Å². The van der Waals surface area contributed by atoms with Gasteiger partial charge in [-0.3, -0.25) is 4.98 Å². The Kier molecular flexibility index (Phi) is 5.31. The molecule has 0 bridgehead atoms. The zero-order valence-electron chi connectivity index (χ0n) is 11.7. The lowest BCUT2D eigenvalue weighted by molar-refractivity contribution is 0.189. The minimum absolute atomic E-state index is 0.369. The molecule has 3 nitrogen and oxygen atoms in total. The van der Waals surface area contributed by atoms with Crippen LogP contribution in [0.25, 0.3) is 10.9 Å². The lowest BCUT2D eigenvalue weighted by Gasteiger charge is -2.20. The third-order valence-electron chi connectivity index (χ3n) is 3.35. The van der Waals surface area contributed by atoms with Gasteiger partial charge in [0.15, 0.2) is 0 Å². The van der Waals surface area contributed by atoms with E-state index < -0.39 is 0 Å². The summed E-state index contributed by atoms with van der Waals surface area (Å²) in [5.41, 5.74) is 2.40. The molecule has 19 heavy (non-hydrogen) atoms. The second-order valence-corrected chi connectivity index (χ2v) is 4.66. The van der Waals surface area contributed by atoms with Crippen molar-refractivity contribution in [3.05, 3.63) is 42.1 Å². The highest BCUT2D eigenvalue weighted by molar-refractivity contribution is 5.82. The molecule has 0 saturated carbocycles. The van der Waals surface area contributed by atoms with Gasteiger partial charge in [0.25, 0.3) is 0 Å². The maximum Gasteiger partial charge on any atom is 0.0705 e. The van der Waals surface area contributed by atoms with Crippen molar-refractivity contribution in [1.29, 1.82) is 0 Å². The van der Waals surface area contributed by atoms with Crippen molar-refractivity contribution in [2.75, 3.05) is 20.3 Å². The summed E-state index contributed by atoms with van der Waals surface area (Å²) in [5, 5.41) is 4.81. The zero-order chi connectivity index (χ0) is 13.5. The van der Waals surface area contributed by atoms with Crippen LogP contribution < -0.4 is 5.32 Å². The van der Waals surface area contributed by atoms with Crippen molar-refractivity contribution in [3.8, 4) is 0 Å². The highest BCUT2D eigenvalue weighted by Crippen LogP contribution is 2.26. The molecule has 0 fully saturated rings. The number of rotatable bonds is 7. The molecule has 0 aliphatic carbocycles. The normalized spacial score (nSPS) is 12.7. The molecule has 1 heterocycles. The van der Waals surface area contributed by atoms with Crippen LogP contribution in [0.2, 0.25) is 0 Å². The van der Waals surface area contributed by atoms with Gasteiger partial charge in [0.05, 0.1) is 5.52 Å². The number of hydrogen-bond acceptors (Lipinski definition) is 3. The second-order valence-electron chi connectivity index (χ2n) is 4.66. The van der Waals surface area contributed by atoms with Gasteiger partial charge in [0.1, 0.15) is 0 Å². The summed E-state index contributed by atoms with van der Waals surface area (Å²) in [6, 6.07) is 10.9. The fraction of sp³-hybridized carbons (Fsp3) is 0.438. The van der Waals surface area contributed by atoms with Gasteiger partial charge in [-0.05, 0) is 37.1 Å². The molecular weight excluding hydrogens is 236 g/mol. The van der Waals surface area contributed by atoms with Crippen molar-refractivity contribution >= 4 is 10.9 Å². The molecule has 2 aromatic rings. The highest BCUT2D eigenvalue weighted by atomic mass is 16.5. The summed E-state index contributed by atoms with van der Waals surface area (Å²) < 4.78 is 5.15. The van der Waals surface area contributed by atoms with Gasteiger partial charge in [-0.25, -0.2) is 0 Å². The van der Waals surface area contributed by atoms with Gasteiger partial charge >= 0.3 is 0 Å². The van der Waals surface area contributed by atoms with Crippen LogP contribution in [0.4, 0.5) is 0 Å². The van der Waals surface area contributed by atoms with Crippen LogP contribution in [0.1, 0.15) is 31.4 Å². The van der Waals surface area contributed by atoms with Crippen molar-refractivity contribution in [2.45, 2.75) is 25.8 Å². The Morgan fingerprint density at radius 1 is 1.26 bits per heavy atom. The van der Waals surface area contributed by atoms with E-state index in [1.54, 1.807) is 7.11 Å². The maximum absolute atomic E-state index is 5.15. The van der Waals surface area contributed by atoms with Crippen LogP contribution in [-0.4, -0.2) is 25.2 Å². The van der Waals surface area contributed by atoms with E-state index in [0.717, 1.165) is 31.5 Å². The summed E-state index contributed by atoms with van der Waals surface area (Å²) in [7, 11) is 1.75. The van der Waals surface area contributed by atoms with Crippen LogP contribution in [0.5, 0.6) is 0 Å². The van der Waals surface area contributed by atoms with E-state index in [4.69, 9.17) is 4.74 Å². The molecule has 1 aromatic heterocycles. The molecule has 2 rings (SSSR count). The Morgan fingerprint density at radius 3 is 2.95 bits per heavy atom. The molecule has 0 aliphatic rings. The first-order chi connectivity index (χ1) is 9.36. The lowest BCUT2D eigenvalue weighted by Crippen LogP contribution is -2.21. The summed E-state index contributed by atoms with van der Waals surface area (Å²) in [4.78, 5) is 4.43. The first-order valence-corrected chi connectivity index (χ1v) is 6.92. The Morgan fingerprint density at radius 2 is 2.16 bits per heavy atom. The second kappa shape index (κ2) is 7.22. The number of pyridine rings is 1. The Hall–Kier alpha value is -1.45. The number of benzene rings is 1. The summed E-state index contributed by atoms with van der Waals surface area (Å²) >= 11 is 0. The quantitative estimate of drug-likeness (QED) is 0.774. The minimum Gasteiger partial charge on any atom is -0.385 e. The first-order valence-electron chi connectivity index (χ1n) is 6.92. The van der Waals surface area contributed by atoms with E-state index in [2.05, 4.69) is 41.5 Å².